The Morgan fingerprint density at radius 1 is 0.950 bits per heavy atom. The van der Waals surface area contributed by atoms with Gasteiger partial charge in [-0.1, -0.05) is 58.4 Å². The van der Waals surface area contributed by atoms with Crippen LogP contribution in [0.1, 0.15) is 17.2 Å². The summed E-state index contributed by atoms with van der Waals surface area (Å²) in [5.74, 6) is 0. The van der Waals surface area contributed by atoms with Crippen LogP contribution in [0.2, 0.25) is 0 Å². The monoisotopic (exact) mass is 323 g/mol. The van der Waals surface area contributed by atoms with Gasteiger partial charge in [-0.2, -0.15) is 0 Å². The average molecular weight is 324 g/mol. The highest BCUT2D eigenvalue weighted by molar-refractivity contribution is 9.10. The lowest BCUT2D eigenvalue weighted by Crippen LogP contribution is -2.05. The number of fused-ring (bicyclic) bond motifs is 3. The first-order valence-corrected chi connectivity index (χ1v) is 7.63. The van der Waals surface area contributed by atoms with E-state index in [1.54, 1.807) is 0 Å². The van der Waals surface area contributed by atoms with E-state index in [0.29, 0.717) is 6.04 Å². The molecule has 3 aromatic carbocycles. The lowest BCUT2D eigenvalue weighted by atomic mass is 9.98. The molecule has 0 spiro atoms. The minimum Gasteiger partial charge on any atom is -0.378 e. The highest BCUT2D eigenvalue weighted by atomic mass is 79.9. The van der Waals surface area contributed by atoms with E-state index in [9.17, 15) is 0 Å². The lowest BCUT2D eigenvalue weighted by Gasteiger charge is -2.11. The zero-order chi connectivity index (χ0) is 13.5. The quantitative estimate of drug-likeness (QED) is 0.639. The van der Waals surface area contributed by atoms with Crippen molar-refractivity contribution < 1.29 is 0 Å². The number of nitrogens with one attached hydrogen (secondary N) is 1. The zero-order valence-electron chi connectivity index (χ0n) is 10.9. The molecule has 0 radical (unpaired) electrons. The fourth-order valence-electron chi connectivity index (χ4n) is 3.06. The van der Waals surface area contributed by atoms with Crippen LogP contribution < -0.4 is 5.32 Å². The normalized spacial score (nSPS) is 16.9. The van der Waals surface area contributed by atoms with E-state index in [2.05, 4.69) is 81.9 Å². The van der Waals surface area contributed by atoms with Crippen LogP contribution in [0.4, 0.5) is 5.69 Å². The molecule has 2 heteroatoms. The third kappa shape index (κ3) is 1.92. The maximum absolute atomic E-state index is 3.65. The van der Waals surface area contributed by atoms with Crippen LogP contribution in [-0.4, -0.2) is 0 Å². The summed E-state index contributed by atoms with van der Waals surface area (Å²) in [5, 5.41) is 6.34. The molecule has 0 saturated carbocycles. The summed E-state index contributed by atoms with van der Waals surface area (Å²) in [6, 6.07) is 22.0. The Morgan fingerprint density at radius 2 is 1.85 bits per heavy atom. The van der Waals surface area contributed by atoms with E-state index in [1.807, 2.05) is 0 Å². The van der Waals surface area contributed by atoms with Gasteiger partial charge >= 0.3 is 0 Å². The van der Waals surface area contributed by atoms with E-state index >= 15 is 0 Å². The molecular formula is C18H14BrN. The molecule has 3 aromatic rings. The first-order chi connectivity index (χ1) is 9.81. The van der Waals surface area contributed by atoms with E-state index in [0.717, 1.165) is 10.9 Å². The second-order valence-electron chi connectivity index (χ2n) is 5.27. The first-order valence-electron chi connectivity index (χ1n) is 6.84. The fraction of sp³-hybridized carbons (Fsp3) is 0.111. The second-order valence-corrected chi connectivity index (χ2v) is 6.18. The van der Waals surface area contributed by atoms with Gasteiger partial charge in [-0.15, -0.1) is 0 Å². The van der Waals surface area contributed by atoms with Crippen LogP contribution in [0.15, 0.2) is 65.1 Å². The van der Waals surface area contributed by atoms with E-state index in [-0.39, 0.29) is 0 Å². The van der Waals surface area contributed by atoms with Crippen LogP contribution in [0.5, 0.6) is 0 Å². The smallest absolute Gasteiger partial charge is 0.0555 e. The standard InChI is InChI=1S/C18H14BrN/c19-14-6-3-5-13(10-14)18-11-16-15-7-2-1-4-12(15)8-9-17(16)20-18/h1-10,18,20H,11H2. The van der Waals surface area contributed by atoms with Crippen LogP contribution in [-0.2, 0) is 6.42 Å². The molecule has 1 unspecified atom stereocenters. The first kappa shape index (κ1) is 12.0. The highest BCUT2D eigenvalue weighted by Gasteiger charge is 2.23. The van der Waals surface area contributed by atoms with Crippen molar-refractivity contribution in [3.63, 3.8) is 0 Å². The van der Waals surface area contributed by atoms with Crippen LogP contribution in [0.25, 0.3) is 10.8 Å². The van der Waals surface area contributed by atoms with Crippen LogP contribution >= 0.6 is 15.9 Å². The van der Waals surface area contributed by atoms with Gasteiger partial charge in [0.25, 0.3) is 0 Å². The number of benzene rings is 3. The SMILES string of the molecule is Brc1cccc(C2Cc3c(ccc4ccccc34)N2)c1. The van der Waals surface area contributed by atoms with Crippen molar-refractivity contribution in [2.45, 2.75) is 12.5 Å². The molecule has 4 rings (SSSR count). The van der Waals surface area contributed by atoms with E-state index in [4.69, 9.17) is 0 Å². The summed E-state index contributed by atoms with van der Waals surface area (Å²) in [4.78, 5) is 0. The molecule has 0 amide bonds. The Hall–Kier alpha value is -1.80. The van der Waals surface area contributed by atoms with Crippen molar-refractivity contribution >= 4 is 32.4 Å². The molecule has 0 aliphatic carbocycles. The Labute approximate surface area is 126 Å². The Balaban J connectivity index is 1.78. The van der Waals surface area contributed by atoms with Gasteiger partial charge in [0, 0.05) is 10.2 Å². The van der Waals surface area contributed by atoms with E-state index in [1.165, 1.54) is 27.6 Å². The fourth-order valence-corrected chi connectivity index (χ4v) is 3.48. The molecule has 1 N–H and O–H groups in total. The van der Waals surface area contributed by atoms with E-state index < -0.39 is 0 Å². The minimum atomic E-state index is 0.369. The largest absolute Gasteiger partial charge is 0.378 e. The van der Waals surface area contributed by atoms with Crippen molar-refractivity contribution in [1.29, 1.82) is 0 Å². The van der Waals surface area contributed by atoms with Gasteiger partial charge < -0.3 is 5.32 Å². The molecule has 98 valence electrons. The van der Waals surface area contributed by atoms with Crippen LogP contribution in [0, 0.1) is 0 Å². The summed E-state index contributed by atoms with van der Waals surface area (Å²) < 4.78 is 1.14. The third-order valence-electron chi connectivity index (χ3n) is 4.03. The molecule has 1 atom stereocenters. The third-order valence-corrected chi connectivity index (χ3v) is 4.52. The second kappa shape index (κ2) is 4.64. The van der Waals surface area contributed by atoms with Gasteiger partial charge in [0.2, 0.25) is 0 Å². The summed E-state index contributed by atoms with van der Waals surface area (Å²) in [5.41, 5.74) is 4.04. The van der Waals surface area contributed by atoms with Crippen molar-refractivity contribution in [2.75, 3.05) is 5.32 Å². The number of rotatable bonds is 1. The minimum absolute atomic E-state index is 0.369. The highest BCUT2D eigenvalue weighted by Crippen LogP contribution is 2.38. The Kier molecular flexibility index (Phi) is 2.78. The summed E-state index contributed by atoms with van der Waals surface area (Å²) in [7, 11) is 0. The summed E-state index contributed by atoms with van der Waals surface area (Å²) >= 11 is 3.56. The van der Waals surface area contributed by atoms with Crippen LogP contribution in [0.3, 0.4) is 0 Å². The van der Waals surface area contributed by atoms with Gasteiger partial charge in [0.1, 0.15) is 0 Å². The molecule has 0 bridgehead atoms. The van der Waals surface area contributed by atoms with Gasteiger partial charge in [-0.05, 0) is 46.5 Å². The predicted molar refractivity (Wildman–Crippen MR) is 88.2 cm³/mol. The number of halogens is 1. The van der Waals surface area contributed by atoms with Gasteiger partial charge in [0.05, 0.1) is 6.04 Å². The molecule has 1 nitrogen and oxygen atoms in total. The van der Waals surface area contributed by atoms with Crippen molar-refractivity contribution in [2.24, 2.45) is 0 Å². The number of anilines is 1. The molecular weight excluding hydrogens is 310 g/mol. The van der Waals surface area contributed by atoms with Crippen molar-refractivity contribution in [1.82, 2.24) is 0 Å². The lowest BCUT2D eigenvalue weighted by molar-refractivity contribution is 0.826. The predicted octanol–water partition coefficient (Wildman–Crippen LogP) is 5.31. The molecule has 0 aromatic heterocycles. The summed E-state index contributed by atoms with van der Waals surface area (Å²) in [6.07, 6.45) is 1.05. The van der Waals surface area contributed by atoms with Crippen molar-refractivity contribution in [3.8, 4) is 0 Å². The van der Waals surface area contributed by atoms with Crippen molar-refractivity contribution in [3.05, 3.63) is 76.3 Å². The average Bonchev–Trinajstić information content (AvgIpc) is 2.92. The number of hydrogen-bond acceptors (Lipinski definition) is 1. The molecule has 1 heterocycles. The topological polar surface area (TPSA) is 12.0 Å². The summed E-state index contributed by atoms with van der Waals surface area (Å²) in [6.45, 7) is 0. The molecule has 1 aliphatic heterocycles. The molecule has 0 saturated heterocycles. The van der Waals surface area contributed by atoms with Gasteiger partial charge in [-0.3, -0.25) is 0 Å². The Bertz CT molecular complexity index is 794. The number of hydrogen-bond donors (Lipinski definition) is 1. The molecule has 1 aliphatic rings. The maximum atomic E-state index is 3.65. The molecule has 20 heavy (non-hydrogen) atoms. The Morgan fingerprint density at radius 3 is 2.75 bits per heavy atom. The van der Waals surface area contributed by atoms with Gasteiger partial charge in [0.15, 0.2) is 0 Å². The molecule has 0 fully saturated rings. The van der Waals surface area contributed by atoms with Gasteiger partial charge in [-0.25, -0.2) is 0 Å². The maximum Gasteiger partial charge on any atom is 0.0555 e. The zero-order valence-corrected chi connectivity index (χ0v) is 12.5.